The van der Waals surface area contributed by atoms with Crippen molar-refractivity contribution in [1.82, 2.24) is 14.9 Å². The predicted octanol–water partition coefficient (Wildman–Crippen LogP) is 1.16. The van der Waals surface area contributed by atoms with Crippen LogP contribution in [-0.2, 0) is 0 Å². The Labute approximate surface area is 126 Å². The molecule has 1 aromatic heterocycles. The van der Waals surface area contributed by atoms with Crippen molar-refractivity contribution in [3.63, 3.8) is 0 Å². The fourth-order valence-electron chi connectivity index (χ4n) is 2.64. The maximum atomic E-state index is 9.41. The lowest BCUT2D eigenvalue weighted by atomic mass is 10.1. The Kier molecular flexibility index (Phi) is 5.76. The highest BCUT2D eigenvalue weighted by Gasteiger charge is 2.25. The minimum absolute atomic E-state index is 0.0839. The van der Waals surface area contributed by atoms with Gasteiger partial charge >= 0.3 is 0 Å². The van der Waals surface area contributed by atoms with E-state index < -0.39 is 0 Å². The predicted molar refractivity (Wildman–Crippen MR) is 82.7 cm³/mol. The van der Waals surface area contributed by atoms with Crippen molar-refractivity contribution in [1.29, 1.82) is 0 Å². The third-order valence-corrected chi connectivity index (χ3v) is 3.81. The van der Waals surface area contributed by atoms with Crippen LogP contribution in [0.3, 0.4) is 0 Å². The molecule has 1 aliphatic rings. The van der Waals surface area contributed by atoms with Crippen molar-refractivity contribution in [2.75, 3.05) is 37.7 Å². The van der Waals surface area contributed by atoms with Crippen molar-refractivity contribution in [3.8, 4) is 5.88 Å². The summed E-state index contributed by atoms with van der Waals surface area (Å²) in [5, 5.41) is 9.41. The van der Waals surface area contributed by atoms with E-state index in [4.69, 9.17) is 4.74 Å². The van der Waals surface area contributed by atoms with Crippen LogP contribution in [0.15, 0.2) is 12.4 Å². The molecule has 0 radical (unpaired) electrons. The Hall–Kier alpha value is -1.40. The fourth-order valence-corrected chi connectivity index (χ4v) is 2.64. The van der Waals surface area contributed by atoms with Gasteiger partial charge in [0, 0.05) is 44.6 Å². The molecule has 0 bridgehead atoms. The molecule has 21 heavy (non-hydrogen) atoms. The van der Waals surface area contributed by atoms with E-state index in [0.717, 1.165) is 38.4 Å². The maximum absolute atomic E-state index is 9.41. The molecule has 1 atom stereocenters. The van der Waals surface area contributed by atoms with Crippen LogP contribution in [0, 0.1) is 0 Å². The number of aliphatic hydroxyl groups excluding tert-OH is 1. The molecule has 0 spiro atoms. The SMILES string of the molecule is CC[C@@H](CO)N1CCN(c2nccnc2OC(C)C)CC1. The number of hydrogen-bond donors (Lipinski definition) is 1. The van der Waals surface area contributed by atoms with Crippen molar-refractivity contribution in [3.05, 3.63) is 12.4 Å². The lowest BCUT2D eigenvalue weighted by Gasteiger charge is -2.39. The molecule has 0 unspecified atom stereocenters. The van der Waals surface area contributed by atoms with Crippen molar-refractivity contribution < 1.29 is 9.84 Å². The Morgan fingerprint density at radius 3 is 2.43 bits per heavy atom. The standard InChI is InChI=1S/C15H26N4O2/c1-4-13(11-20)18-7-9-19(10-8-18)14-15(21-12(2)3)17-6-5-16-14/h5-6,12-13,20H,4,7-11H2,1-3H3/t13-/m0/s1. The quantitative estimate of drug-likeness (QED) is 0.849. The molecule has 2 rings (SSSR count). The van der Waals surface area contributed by atoms with Crippen molar-refractivity contribution in [2.24, 2.45) is 0 Å². The topological polar surface area (TPSA) is 61.7 Å². The first-order chi connectivity index (χ1) is 10.2. The van der Waals surface area contributed by atoms with Crippen LogP contribution in [0.4, 0.5) is 5.82 Å². The number of hydrogen-bond acceptors (Lipinski definition) is 6. The van der Waals surface area contributed by atoms with E-state index in [9.17, 15) is 5.11 Å². The van der Waals surface area contributed by atoms with Crippen molar-refractivity contribution >= 4 is 5.82 Å². The number of rotatable bonds is 6. The third-order valence-electron chi connectivity index (χ3n) is 3.81. The molecule has 2 heterocycles. The van der Waals surface area contributed by atoms with Gasteiger partial charge in [0.1, 0.15) is 0 Å². The van der Waals surface area contributed by atoms with Gasteiger partial charge in [-0.05, 0) is 20.3 Å². The van der Waals surface area contributed by atoms with Crippen LogP contribution in [0.1, 0.15) is 27.2 Å². The summed E-state index contributed by atoms with van der Waals surface area (Å²) in [4.78, 5) is 13.3. The summed E-state index contributed by atoms with van der Waals surface area (Å²) in [6, 6.07) is 0.264. The zero-order valence-corrected chi connectivity index (χ0v) is 13.2. The zero-order chi connectivity index (χ0) is 15.2. The summed E-state index contributed by atoms with van der Waals surface area (Å²) >= 11 is 0. The van der Waals surface area contributed by atoms with E-state index in [2.05, 4.69) is 26.7 Å². The molecular formula is C15H26N4O2. The highest BCUT2D eigenvalue weighted by Crippen LogP contribution is 2.25. The Morgan fingerprint density at radius 2 is 1.86 bits per heavy atom. The summed E-state index contributed by atoms with van der Waals surface area (Å²) < 4.78 is 5.75. The summed E-state index contributed by atoms with van der Waals surface area (Å²) in [5.41, 5.74) is 0. The van der Waals surface area contributed by atoms with E-state index in [0.29, 0.717) is 5.88 Å². The molecule has 1 N–H and O–H groups in total. The van der Waals surface area contributed by atoms with Gasteiger partial charge in [-0.1, -0.05) is 6.92 Å². The molecule has 0 saturated carbocycles. The van der Waals surface area contributed by atoms with Gasteiger partial charge < -0.3 is 14.7 Å². The van der Waals surface area contributed by atoms with Gasteiger partial charge in [-0.3, -0.25) is 4.90 Å². The molecule has 118 valence electrons. The number of ether oxygens (including phenoxy) is 1. The lowest BCUT2D eigenvalue weighted by molar-refractivity contribution is 0.113. The van der Waals surface area contributed by atoms with E-state index in [1.165, 1.54) is 0 Å². The minimum atomic E-state index is 0.0839. The van der Waals surface area contributed by atoms with Crippen LogP contribution in [-0.4, -0.2) is 64.9 Å². The second kappa shape index (κ2) is 7.56. The molecule has 6 heteroatoms. The summed E-state index contributed by atoms with van der Waals surface area (Å²) in [7, 11) is 0. The molecule has 6 nitrogen and oxygen atoms in total. The lowest BCUT2D eigenvalue weighted by Crippen LogP contribution is -2.51. The monoisotopic (exact) mass is 294 g/mol. The number of nitrogens with zero attached hydrogens (tertiary/aromatic N) is 4. The van der Waals surface area contributed by atoms with Gasteiger partial charge in [-0.25, -0.2) is 9.97 Å². The normalized spacial score (nSPS) is 18.0. The summed E-state index contributed by atoms with van der Waals surface area (Å²) in [6.45, 7) is 9.93. The first kappa shape index (κ1) is 16.0. The fraction of sp³-hybridized carbons (Fsp3) is 0.733. The van der Waals surface area contributed by atoms with Gasteiger partial charge in [0.15, 0.2) is 5.82 Å². The maximum Gasteiger partial charge on any atom is 0.257 e. The van der Waals surface area contributed by atoms with Gasteiger partial charge in [-0.2, -0.15) is 0 Å². The van der Waals surface area contributed by atoms with Gasteiger partial charge in [0.05, 0.1) is 12.7 Å². The molecular weight excluding hydrogens is 268 g/mol. The number of piperazine rings is 1. The molecule has 1 aliphatic heterocycles. The van der Waals surface area contributed by atoms with Gasteiger partial charge in [0.2, 0.25) is 0 Å². The van der Waals surface area contributed by atoms with E-state index in [1.54, 1.807) is 12.4 Å². The molecule has 1 fully saturated rings. The number of aromatic nitrogens is 2. The van der Waals surface area contributed by atoms with Crippen LogP contribution in [0.2, 0.25) is 0 Å². The van der Waals surface area contributed by atoms with Crippen LogP contribution in [0.25, 0.3) is 0 Å². The number of aliphatic hydroxyl groups is 1. The van der Waals surface area contributed by atoms with E-state index in [-0.39, 0.29) is 18.8 Å². The second-order valence-corrected chi connectivity index (χ2v) is 5.62. The van der Waals surface area contributed by atoms with Crippen molar-refractivity contribution in [2.45, 2.75) is 39.3 Å². The Morgan fingerprint density at radius 1 is 1.19 bits per heavy atom. The average Bonchev–Trinajstić information content (AvgIpc) is 2.49. The number of anilines is 1. The second-order valence-electron chi connectivity index (χ2n) is 5.62. The Bertz CT molecular complexity index is 429. The highest BCUT2D eigenvalue weighted by atomic mass is 16.5. The van der Waals surface area contributed by atoms with Gasteiger partial charge in [-0.15, -0.1) is 0 Å². The molecule has 0 aliphatic carbocycles. The van der Waals surface area contributed by atoms with Crippen LogP contribution >= 0.6 is 0 Å². The molecule has 1 aromatic rings. The highest BCUT2D eigenvalue weighted by molar-refractivity contribution is 5.48. The van der Waals surface area contributed by atoms with Gasteiger partial charge in [0.25, 0.3) is 5.88 Å². The summed E-state index contributed by atoms with van der Waals surface area (Å²) in [6.07, 6.45) is 4.43. The largest absolute Gasteiger partial charge is 0.472 e. The van der Waals surface area contributed by atoms with Crippen LogP contribution < -0.4 is 9.64 Å². The molecule has 0 amide bonds. The molecule has 0 aromatic carbocycles. The molecule has 1 saturated heterocycles. The minimum Gasteiger partial charge on any atom is -0.472 e. The summed E-state index contributed by atoms with van der Waals surface area (Å²) in [5.74, 6) is 1.43. The third kappa shape index (κ3) is 4.04. The first-order valence-corrected chi connectivity index (χ1v) is 7.73. The van der Waals surface area contributed by atoms with Crippen LogP contribution in [0.5, 0.6) is 5.88 Å². The van der Waals surface area contributed by atoms with E-state index in [1.807, 2.05) is 13.8 Å². The van der Waals surface area contributed by atoms with E-state index >= 15 is 0 Å². The Balaban J connectivity index is 2.02. The smallest absolute Gasteiger partial charge is 0.257 e. The average molecular weight is 294 g/mol. The first-order valence-electron chi connectivity index (χ1n) is 7.73. The zero-order valence-electron chi connectivity index (χ0n) is 13.2.